The topological polar surface area (TPSA) is 140 Å². The lowest BCUT2D eigenvalue weighted by Crippen LogP contribution is -2.65. The van der Waals surface area contributed by atoms with Crippen LogP contribution in [0.5, 0.6) is 0 Å². The second-order valence-electron chi connectivity index (χ2n) is 7.94. The standard InChI is InChI=1S/C15H27N5O4/c1-13(2,3)15(14(4,5)6,18-12(23)24)7-9(17-11(21)22)10-8-16-20-19-10/h8-9,17-18H,7H2,1-6H3,(H,21,22)(H,23,24)(H,16,19,20)/t9-/m0/s1. The van der Waals surface area contributed by atoms with E-state index in [0.29, 0.717) is 5.69 Å². The SMILES string of the molecule is CC(C)(C)C(C[C@H](NC(=O)O)c1cn[nH]n1)(NC(=O)O)C(C)(C)C. The van der Waals surface area contributed by atoms with E-state index in [1.807, 2.05) is 41.5 Å². The maximum atomic E-state index is 11.5. The highest BCUT2D eigenvalue weighted by Gasteiger charge is 2.53. The average Bonchev–Trinajstić information content (AvgIpc) is 2.86. The number of H-pyrrole nitrogens is 1. The molecule has 136 valence electrons. The Kier molecular flexibility index (Phi) is 5.47. The minimum atomic E-state index is -1.21. The fourth-order valence-electron chi connectivity index (χ4n) is 3.41. The quantitative estimate of drug-likeness (QED) is 0.557. The van der Waals surface area contributed by atoms with Gasteiger partial charge in [-0.15, -0.1) is 0 Å². The average molecular weight is 341 g/mol. The van der Waals surface area contributed by atoms with Gasteiger partial charge in [-0.2, -0.15) is 15.4 Å². The summed E-state index contributed by atoms with van der Waals surface area (Å²) >= 11 is 0. The van der Waals surface area contributed by atoms with Crippen molar-refractivity contribution in [1.82, 2.24) is 26.0 Å². The van der Waals surface area contributed by atoms with Crippen molar-refractivity contribution < 1.29 is 19.8 Å². The third-order valence-corrected chi connectivity index (χ3v) is 4.48. The van der Waals surface area contributed by atoms with Crippen molar-refractivity contribution in [3.05, 3.63) is 11.9 Å². The Bertz CT molecular complexity index is 558. The molecule has 0 aromatic carbocycles. The minimum absolute atomic E-state index is 0.186. The van der Waals surface area contributed by atoms with Crippen molar-refractivity contribution in [2.24, 2.45) is 10.8 Å². The number of carboxylic acid groups (broad SMARTS) is 2. The van der Waals surface area contributed by atoms with E-state index in [4.69, 9.17) is 5.11 Å². The number of hydrogen-bond donors (Lipinski definition) is 5. The van der Waals surface area contributed by atoms with Crippen molar-refractivity contribution in [3.8, 4) is 0 Å². The van der Waals surface area contributed by atoms with Gasteiger partial charge in [0.1, 0.15) is 5.69 Å². The fraction of sp³-hybridized carbons (Fsp3) is 0.733. The normalized spacial score (nSPS) is 14.1. The molecule has 0 aliphatic carbocycles. The third kappa shape index (κ3) is 4.15. The maximum Gasteiger partial charge on any atom is 0.405 e. The van der Waals surface area contributed by atoms with Gasteiger partial charge in [0.15, 0.2) is 0 Å². The Morgan fingerprint density at radius 3 is 2.00 bits per heavy atom. The molecule has 1 rings (SSSR count). The number of hydrogen-bond acceptors (Lipinski definition) is 4. The molecular formula is C15H27N5O4. The van der Waals surface area contributed by atoms with E-state index in [2.05, 4.69) is 26.0 Å². The van der Waals surface area contributed by atoms with Crippen molar-refractivity contribution >= 4 is 12.2 Å². The maximum absolute atomic E-state index is 11.5. The number of nitrogens with zero attached hydrogens (tertiary/aromatic N) is 2. The molecule has 1 aromatic heterocycles. The first kappa shape index (κ1) is 19.7. The Labute approximate surface area is 141 Å². The first-order valence-corrected chi connectivity index (χ1v) is 7.66. The predicted molar refractivity (Wildman–Crippen MR) is 87.7 cm³/mol. The molecule has 1 aromatic rings. The number of aromatic amines is 1. The zero-order valence-electron chi connectivity index (χ0n) is 15.0. The molecule has 0 aliphatic rings. The Hall–Kier alpha value is -2.32. The molecule has 2 amide bonds. The van der Waals surface area contributed by atoms with Crippen LogP contribution in [0.3, 0.4) is 0 Å². The van der Waals surface area contributed by atoms with E-state index in [0.717, 1.165) is 0 Å². The van der Waals surface area contributed by atoms with Gasteiger partial charge in [0.25, 0.3) is 0 Å². The van der Waals surface area contributed by atoms with Crippen LogP contribution in [-0.4, -0.2) is 43.3 Å². The van der Waals surface area contributed by atoms with Crippen LogP contribution in [-0.2, 0) is 0 Å². The van der Waals surface area contributed by atoms with E-state index in [-0.39, 0.29) is 6.42 Å². The van der Waals surface area contributed by atoms with Gasteiger partial charge in [-0.25, -0.2) is 9.59 Å². The van der Waals surface area contributed by atoms with Crippen molar-refractivity contribution in [1.29, 1.82) is 0 Å². The second kappa shape index (κ2) is 6.66. The van der Waals surface area contributed by atoms with Gasteiger partial charge in [-0.1, -0.05) is 41.5 Å². The van der Waals surface area contributed by atoms with E-state index in [9.17, 15) is 14.7 Å². The Balaban J connectivity index is 3.41. The van der Waals surface area contributed by atoms with Crippen LogP contribution >= 0.6 is 0 Å². The van der Waals surface area contributed by atoms with E-state index in [1.54, 1.807) is 0 Å². The number of nitrogens with one attached hydrogen (secondary N) is 3. The molecule has 0 saturated heterocycles. The molecule has 0 aliphatic heterocycles. The molecule has 9 nitrogen and oxygen atoms in total. The smallest absolute Gasteiger partial charge is 0.405 e. The van der Waals surface area contributed by atoms with Crippen LogP contribution in [0.25, 0.3) is 0 Å². The summed E-state index contributed by atoms with van der Waals surface area (Å²) in [6, 6.07) is -0.716. The summed E-state index contributed by atoms with van der Waals surface area (Å²) in [5.74, 6) is 0. The van der Waals surface area contributed by atoms with Crippen LogP contribution in [0.2, 0.25) is 0 Å². The summed E-state index contributed by atoms with van der Waals surface area (Å²) in [4.78, 5) is 22.7. The van der Waals surface area contributed by atoms with Crippen LogP contribution in [0.15, 0.2) is 6.20 Å². The van der Waals surface area contributed by atoms with Crippen LogP contribution in [0.4, 0.5) is 9.59 Å². The molecule has 9 heteroatoms. The predicted octanol–water partition coefficient (Wildman–Crippen LogP) is 2.60. The van der Waals surface area contributed by atoms with Crippen molar-refractivity contribution in [3.63, 3.8) is 0 Å². The highest BCUT2D eigenvalue weighted by Crippen LogP contribution is 2.48. The van der Waals surface area contributed by atoms with Crippen LogP contribution < -0.4 is 10.6 Å². The molecule has 1 atom stereocenters. The molecule has 0 bridgehead atoms. The largest absolute Gasteiger partial charge is 0.465 e. The molecule has 0 radical (unpaired) electrons. The first-order valence-electron chi connectivity index (χ1n) is 7.66. The van der Waals surface area contributed by atoms with E-state index < -0.39 is 34.6 Å². The summed E-state index contributed by atoms with van der Waals surface area (Å²) < 4.78 is 0. The Morgan fingerprint density at radius 2 is 1.67 bits per heavy atom. The van der Waals surface area contributed by atoms with Crippen molar-refractivity contribution in [2.45, 2.75) is 59.5 Å². The minimum Gasteiger partial charge on any atom is -0.465 e. The zero-order chi connectivity index (χ0) is 18.8. The summed E-state index contributed by atoms with van der Waals surface area (Å²) in [5, 5.41) is 33.8. The van der Waals surface area contributed by atoms with Gasteiger partial charge in [0, 0.05) is 0 Å². The fourth-order valence-corrected chi connectivity index (χ4v) is 3.41. The van der Waals surface area contributed by atoms with Gasteiger partial charge in [0.05, 0.1) is 17.8 Å². The van der Waals surface area contributed by atoms with Gasteiger partial charge >= 0.3 is 12.2 Å². The van der Waals surface area contributed by atoms with Crippen molar-refractivity contribution in [2.75, 3.05) is 0 Å². The van der Waals surface area contributed by atoms with Gasteiger partial charge in [0.2, 0.25) is 0 Å². The first-order chi connectivity index (χ1) is 10.8. The Morgan fingerprint density at radius 1 is 1.12 bits per heavy atom. The second-order valence-corrected chi connectivity index (χ2v) is 7.94. The zero-order valence-corrected chi connectivity index (χ0v) is 15.0. The van der Waals surface area contributed by atoms with Crippen LogP contribution in [0, 0.1) is 10.8 Å². The summed E-state index contributed by atoms with van der Waals surface area (Å²) in [6.07, 6.45) is -0.758. The summed E-state index contributed by atoms with van der Waals surface area (Å²) in [5.41, 5.74) is -1.52. The number of aromatic nitrogens is 3. The van der Waals surface area contributed by atoms with Crippen LogP contribution in [0.1, 0.15) is 59.7 Å². The molecular weight excluding hydrogens is 314 g/mol. The molecule has 0 fully saturated rings. The molecule has 0 spiro atoms. The van der Waals surface area contributed by atoms with Gasteiger partial charge < -0.3 is 20.8 Å². The monoisotopic (exact) mass is 341 g/mol. The number of carbonyl (C=O) groups is 2. The molecule has 5 N–H and O–H groups in total. The van der Waals surface area contributed by atoms with E-state index in [1.165, 1.54) is 6.20 Å². The van der Waals surface area contributed by atoms with Gasteiger partial charge in [-0.05, 0) is 17.3 Å². The lowest BCUT2D eigenvalue weighted by molar-refractivity contribution is 0.00717. The lowest BCUT2D eigenvalue weighted by atomic mass is 9.57. The number of rotatable bonds is 5. The summed E-state index contributed by atoms with van der Waals surface area (Å²) in [7, 11) is 0. The third-order valence-electron chi connectivity index (χ3n) is 4.48. The lowest BCUT2D eigenvalue weighted by Gasteiger charge is -2.54. The van der Waals surface area contributed by atoms with Gasteiger partial charge in [-0.3, -0.25) is 0 Å². The highest BCUT2D eigenvalue weighted by molar-refractivity contribution is 5.67. The number of amides is 2. The van der Waals surface area contributed by atoms with E-state index >= 15 is 0 Å². The molecule has 24 heavy (non-hydrogen) atoms. The molecule has 1 heterocycles. The summed E-state index contributed by atoms with van der Waals surface area (Å²) in [6.45, 7) is 11.6. The molecule has 0 saturated carbocycles. The molecule has 0 unspecified atom stereocenters. The highest BCUT2D eigenvalue weighted by atomic mass is 16.4.